The van der Waals surface area contributed by atoms with Gasteiger partial charge in [0.05, 0.1) is 18.8 Å². The fraction of sp³-hybridized carbons (Fsp3) is 0.220. The highest BCUT2D eigenvalue weighted by atomic mass is 32.2. The average molecular weight is 673 g/mol. The van der Waals surface area contributed by atoms with E-state index in [-0.39, 0.29) is 36.5 Å². The van der Waals surface area contributed by atoms with E-state index >= 15 is 0 Å². The molecule has 1 heterocycles. The van der Waals surface area contributed by atoms with Gasteiger partial charge in [-0.05, 0) is 70.3 Å². The average Bonchev–Trinajstić information content (AvgIpc) is 3.14. The second-order valence-corrected chi connectivity index (χ2v) is 13.3. The van der Waals surface area contributed by atoms with Crippen LogP contribution in [0.15, 0.2) is 132 Å². The molecule has 4 atom stereocenters. The summed E-state index contributed by atoms with van der Waals surface area (Å²) < 4.78 is 13.3. The number of amides is 2. The van der Waals surface area contributed by atoms with Gasteiger partial charge in [-0.15, -0.1) is 11.8 Å². The van der Waals surface area contributed by atoms with Crippen molar-refractivity contribution in [2.24, 2.45) is 5.92 Å². The largest absolute Gasteiger partial charge is 0.392 e. The van der Waals surface area contributed by atoms with Gasteiger partial charge >= 0.3 is 0 Å². The number of thioether (sulfide) groups is 1. The first kappa shape index (κ1) is 34.1. The molecule has 7 nitrogen and oxygen atoms in total. The van der Waals surface area contributed by atoms with Crippen molar-refractivity contribution in [1.29, 1.82) is 0 Å². The molecule has 2 amide bonds. The van der Waals surface area contributed by atoms with Crippen LogP contribution in [-0.4, -0.2) is 28.8 Å². The Bertz CT molecular complexity index is 1850. The fourth-order valence-corrected chi connectivity index (χ4v) is 6.96. The summed E-state index contributed by atoms with van der Waals surface area (Å²) in [6, 6.07) is 41.4. The summed E-state index contributed by atoms with van der Waals surface area (Å²) in [6.45, 7) is 4.08. The molecule has 0 radical (unpaired) electrons. The SMILES string of the molecule is CC(=O)Nc1ccc(SC[C@H]2O[C@@H](c3ccc(-c4cccc(CNC(=O)c5ccccc5)c4)cc3)O[C@@H](c3ccc(CO)cc3)[C@H]2C)cc1. The Hall–Kier alpha value is -4.73. The fourth-order valence-electron chi connectivity index (χ4n) is 5.89. The molecule has 0 aromatic heterocycles. The first-order chi connectivity index (χ1) is 23.9. The van der Waals surface area contributed by atoms with Crippen molar-refractivity contribution in [1.82, 2.24) is 5.32 Å². The van der Waals surface area contributed by atoms with Crippen LogP contribution in [0.1, 0.15) is 58.9 Å². The Labute approximate surface area is 291 Å². The molecule has 0 saturated carbocycles. The maximum atomic E-state index is 12.5. The molecule has 0 aliphatic carbocycles. The van der Waals surface area contributed by atoms with Gasteiger partial charge in [0.1, 0.15) is 0 Å². The van der Waals surface area contributed by atoms with Gasteiger partial charge in [0.15, 0.2) is 6.29 Å². The van der Waals surface area contributed by atoms with E-state index in [1.165, 1.54) is 6.92 Å². The van der Waals surface area contributed by atoms with Crippen LogP contribution in [0.25, 0.3) is 11.1 Å². The van der Waals surface area contributed by atoms with Crippen molar-refractivity contribution in [2.75, 3.05) is 11.1 Å². The molecule has 1 aliphatic rings. The van der Waals surface area contributed by atoms with Gasteiger partial charge in [-0.1, -0.05) is 91.9 Å². The molecule has 6 rings (SSSR count). The zero-order valence-corrected chi connectivity index (χ0v) is 28.4. The Morgan fingerprint density at radius 2 is 1.47 bits per heavy atom. The zero-order valence-electron chi connectivity index (χ0n) is 27.5. The third-order valence-electron chi connectivity index (χ3n) is 8.64. The lowest BCUT2D eigenvalue weighted by molar-refractivity contribution is -0.268. The maximum absolute atomic E-state index is 12.5. The molecular formula is C41H40N2O5S. The lowest BCUT2D eigenvalue weighted by atomic mass is 9.91. The quantitative estimate of drug-likeness (QED) is 0.122. The Balaban J connectivity index is 1.17. The van der Waals surface area contributed by atoms with Gasteiger partial charge in [0.25, 0.3) is 5.91 Å². The molecule has 3 N–H and O–H groups in total. The third-order valence-corrected chi connectivity index (χ3v) is 9.75. The first-order valence-electron chi connectivity index (χ1n) is 16.4. The van der Waals surface area contributed by atoms with Crippen molar-refractivity contribution in [3.05, 3.63) is 155 Å². The van der Waals surface area contributed by atoms with Gasteiger partial charge in [0.2, 0.25) is 5.91 Å². The third kappa shape index (κ3) is 8.85. The predicted molar refractivity (Wildman–Crippen MR) is 194 cm³/mol. The summed E-state index contributed by atoms with van der Waals surface area (Å²) in [5.74, 6) is 0.584. The normalized spacial score (nSPS) is 18.8. The zero-order chi connectivity index (χ0) is 34.2. The highest BCUT2D eigenvalue weighted by molar-refractivity contribution is 7.99. The van der Waals surface area contributed by atoms with E-state index in [0.717, 1.165) is 49.7 Å². The van der Waals surface area contributed by atoms with Crippen molar-refractivity contribution in [2.45, 2.75) is 50.4 Å². The second-order valence-electron chi connectivity index (χ2n) is 12.2. The van der Waals surface area contributed by atoms with Crippen molar-refractivity contribution >= 4 is 29.3 Å². The maximum Gasteiger partial charge on any atom is 0.251 e. The van der Waals surface area contributed by atoms with Crippen molar-refractivity contribution in [3.63, 3.8) is 0 Å². The van der Waals surface area contributed by atoms with Crippen LogP contribution in [0.3, 0.4) is 0 Å². The van der Waals surface area contributed by atoms with Crippen LogP contribution < -0.4 is 10.6 Å². The highest BCUT2D eigenvalue weighted by Crippen LogP contribution is 2.43. The summed E-state index contributed by atoms with van der Waals surface area (Å²) in [5.41, 5.74) is 7.34. The number of benzene rings is 5. The van der Waals surface area contributed by atoms with Crippen LogP contribution in [0.2, 0.25) is 0 Å². The predicted octanol–water partition coefficient (Wildman–Crippen LogP) is 8.32. The summed E-state index contributed by atoms with van der Waals surface area (Å²) in [6.07, 6.45) is -0.884. The molecule has 0 spiro atoms. The number of aliphatic hydroxyl groups is 1. The minimum atomic E-state index is -0.569. The minimum absolute atomic E-state index is 0.00926. The standard InChI is InChI=1S/C41H40N2O5S/c1-27-38(26-49-37-21-19-36(20-22-37)43-28(2)45)47-41(48-39(27)32-13-11-29(25-44)12-14-32)34-17-15-31(16-18-34)35-10-6-7-30(23-35)24-42-40(46)33-8-4-3-5-9-33/h3-23,27,38-39,41,44H,24-26H2,1-2H3,(H,42,46)(H,43,45)/t27-,38+,39+,41+/m0/s1. The van der Waals surface area contributed by atoms with E-state index in [0.29, 0.717) is 12.1 Å². The van der Waals surface area contributed by atoms with E-state index in [2.05, 4.69) is 54.0 Å². The molecule has 250 valence electrons. The Morgan fingerprint density at radius 1 is 0.755 bits per heavy atom. The number of nitrogens with one attached hydrogen (secondary N) is 2. The highest BCUT2D eigenvalue weighted by Gasteiger charge is 2.38. The van der Waals surface area contributed by atoms with Gasteiger partial charge in [0, 0.05) is 46.8 Å². The Morgan fingerprint density at radius 3 is 2.16 bits per heavy atom. The summed E-state index contributed by atoms with van der Waals surface area (Å²) in [5, 5.41) is 15.4. The molecule has 5 aromatic carbocycles. The van der Waals surface area contributed by atoms with E-state index in [1.807, 2.05) is 78.9 Å². The molecule has 0 unspecified atom stereocenters. The number of carbonyl (C=O) groups is 2. The number of hydrogen-bond acceptors (Lipinski definition) is 6. The monoisotopic (exact) mass is 672 g/mol. The smallest absolute Gasteiger partial charge is 0.251 e. The lowest BCUT2D eigenvalue weighted by Crippen LogP contribution is -2.38. The van der Waals surface area contributed by atoms with Gasteiger partial charge in [-0.25, -0.2) is 0 Å². The number of anilines is 1. The number of ether oxygens (including phenoxy) is 2. The van der Waals surface area contributed by atoms with Crippen LogP contribution in [0.5, 0.6) is 0 Å². The van der Waals surface area contributed by atoms with Gasteiger partial charge in [-0.3, -0.25) is 9.59 Å². The summed E-state index contributed by atoms with van der Waals surface area (Å²) in [7, 11) is 0. The lowest BCUT2D eigenvalue weighted by Gasteiger charge is -2.41. The molecule has 1 saturated heterocycles. The van der Waals surface area contributed by atoms with E-state index in [4.69, 9.17) is 9.47 Å². The van der Waals surface area contributed by atoms with E-state index in [9.17, 15) is 14.7 Å². The van der Waals surface area contributed by atoms with Crippen LogP contribution in [-0.2, 0) is 27.4 Å². The number of rotatable bonds is 11. The molecule has 0 bridgehead atoms. The number of aliphatic hydroxyl groups excluding tert-OH is 1. The van der Waals surface area contributed by atoms with Crippen molar-refractivity contribution in [3.8, 4) is 11.1 Å². The molecular weight excluding hydrogens is 633 g/mol. The Kier molecular flexibility index (Phi) is 11.2. The van der Waals surface area contributed by atoms with Gasteiger partial charge in [-0.2, -0.15) is 0 Å². The molecule has 5 aromatic rings. The molecule has 1 aliphatic heterocycles. The molecule has 1 fully saturated rings. The van der Waals surface area contributed by atoms with Crippen molar-refractivity contribution < 1.29 is 24.2 Å². The second kappa shape index (κ2) is 16.1. The topological polar surface area (TPSA) is 96.9 Å². The minimum Gasteiger partial charge on any atom is -0.392 e. The van der Waals surface area contributed by atoms with E-state index < -0.39 is 6.29 Å². The summed E-state index contributed by atoms with van der Waals surface area (Å²) in [4.78, 5) is 25.0. The first-order valence-corrected chi connectivity index (χ1v) is 17.4. The number of hydrogen-bond donors (Lipinski definition) is 3. The van der Waals surface area contributed by atoms with Gasteiger partial charge < -0.3 is 25.2 Å². The van der Waals surface area contributed by atoms with Crippen LogP contribution in [0.4, 0.5) is 5.69 Å². The molecule has 8 heteroatoms. The molecule has 49 heavy (non-hydrogen) atoms. The van der Waals surface area contributed by atoms with E-state index in [1.54, 1.807) is 23.9 Å². The number of carbonyl (C=O) groups excluding carboxylic acids is 2. The van der Waals surface area contributed by atoms with Crippen LogP contribution in [0, 0.1) is 5.92 Å². The summed E-state index contributed by atoms with van der Waals surface area (Å²) >= 11 is 1.71. The van der Waals surface area contributed by atoms with Crippen LogP contribution >= 0.6 is 11.8 Å².